The van der Waals surface area contributed by atoms with E-state index in [2.05, 4.69) is 44.9 Å². The van der Waals surface area contributed by atoms with Crippen LogP contribution < -0.4 is 4.90 Å². The summed E-state index contributed by atoms with van der Waals surface area (Å²) in [7, 11) is 2.13. The van der Waals surface area contributed by atoms with Crippen molar-refractivity contribution in [1.82, 2.24) is 4.90 Å². The van der Waals surface area contributed by atoms with E-state index in [0.717, 1.165) is 54.6 Å². The molecular weight excluding hydrogens is 280 g/mol. The largest absolute Gasteiger partial charge is 0.368 e. The molecule has 2 rings (SSSR count). The zero-order valence-corrected chi connectivity index (χ0v) is 11.6. The highest BCUT2D eigenvalue weighted by atomic mass is 79.9. The lowest BCUT2D eigenvalue weighted by Gasteiger charge is -2.34. The number of hydrogen-bond acceptors (Lipinski definition) is 3. The molecule has 1 aromatic rings. The van der Waals surface area contributed by atoms with Crippen molar-refractivity contribution in [2.75, 3.05) is 38.1 Å². The van der Waals surface area contributed by atoms with Crippen molar-refractivity contribution in [2.45, 2.75) is 5.33 Å². The van der Waals surface area contributed by atoms with Crippen molar-refractivity contribution in [3.63, 3.8) is 0 Å². The summed E-state index contributed by atoms with van der Waals surface area (Å²) in [5, 5.41) is 0.789. The molecule has 0 bridgehead atoms. The maximum Gasteiger partial charge on any atom is 0.152 e. The Hall–Kier alpha value is -0.870. The zero-order valence-electron chi connectivity index (χ0n) is 10.0. The quantitative estimate of drug-likeness (QED) is 0.631. The minimum absolute atomic E-state index is 0.789. The number of anilines is 1. The first-order valence-electron chi connectivity index (χ1n) is 5.82. The summed E-state index contributed by atoms with van der Waals surface area (Å²) in [5.74, 6) is 0. The molecule has 0 unspecified atom stereocenters. The lowest BCUT2D eigenvalue weighted by molar-refractivity contribution is 0.112. The van der Waals surface area contributed by atoms with Gasteiger partial charge in [0.2, 0.25) is 0 Å². The molecule has 1 aromatic carbocycles. The number of hydrogen-bond donors (Lipinski definition) is 0. The first-order chi connectivity index (χ1) is 8.24. The third-order valence-electron chi connectivity index (χ3n) is 3.22. The summed E-state index contributed by atoms with van der Waals surface area (Å²) in [6.07, 6.45) is 0.958. The van der Waals surface area contributed by atoms with Gasteiger partial charge in [-0.15, -0.1) is 0 Å². The van der Waals surface area contributed by atoms with Gasteiger partial charge in [0, 0.05) is 42.8 Å². The lowest BCUT2D eigenvalue weighted by Crippen LogP contribution is -2.44. The molecule has 1 heterocycles. The predicted octanol–water partition coefficient (Wildman–Crippen LogP) is 2.15. The highest BCUT2D eigenvalue weighted by Gasteiger charge is 2.16. The maximum absolute atomic E-state index is 11.2. The molecule has 1 aliphatic rings. The van der Waals surface area contributed by atoms with Crippen molar-refractivity contribution in [3.05, 3.63) is 29.3 Å². The van der Waals surface area contributed by atoms with Gasteiger partial charge in [0.1, 0.15) is 0 Å². The van der Waals surface area contributed by atoms with Crippen LogP contribution in [0.5, 0.6) is 0 Å². The second-order valence-electron chi connectivity index (χ2n) is 4.43. The van der Waals surface area contributed by atoms with E-state index in [1.165, 1.54) is 0 Å². The summed E-state index contributed by atoms with van der Waals surface area (Å²) < 4.78 is 0. The number of halogens is 1. The van der Waals surface area contributed by atoms with E-state index in [1.807, 2.05) is 6.07 Å². The Balaban J connectivity index is 2.22. The average Bonchev–Trinajstić information content (AvgIpc) is 2.39. The van der Waals surface area contributed by atoms with Crippen molar-refractivity contribution in [2.24, 2.45) is 0 Å². The molecule has 17 heavy (non-hydrogen) atoms. The van der Waals surface area contributed by atoms with Crippen molar-refractivity contribution in [3.8, 4) is 0 Å². The fraction of sp³-hybridized carbons (Fsp3) is 0.462. The standard InChI is InChI=1S/C13H17BrN2O/c1-15-4-6-16(7-5-15)13-3-2-11(9-14)8-12(13)10-17/h2-3,8,10H,4-7,9H2,1H3. The molecular formula is C13H17BrN2O. The molecule has 0 saturated carbocycles. The van der Waals surface area contributed by atoms with Crippen molar-refractivity contribution >= 4 is 27.9 Å². The highest BCUT2D eigenvalue weighted by Crippen LogP contribution is 2.22. The molecule has 0 aromatic heterocycles. The van der Waals surface area contributed by atoms with E-state index in [9.17, 15) is 4.79 Å². The highest BCUT2D eigenvalue weighted by molar-refractivity contribution is 9.08. The van der Waals surface area contributed by atoms with Crippen LogP contribution in [0, 0.1) is 0 Å². The SMILES string of the molecule is CN1CCN(c2ccc(CBr)cc2C=O)CC1. The van der Waals surface area contributed by atoms with Crippen LogP contribution in [0.4, 0.5) is 5.69 Å². The first kappa shape index (κ1) is 12.6. The van der Waals surface area contributed by atoms with Gasteiger partial charge in [-0.3, -0.25) is 4.79 Å². The first-order valence-corrected chi connectivity index (χ1v) is 6.94. The molecule has 0 radical (unpaired) electrons. The van der Waals surface area contributed by atoms with Crippen LogP contribution in [0.15, 0.2) is 18.2 Å². The van der Waals surface area contributed by atoms with Crippen molar-refractivity contribution < 1.29 is 4.79 Å². The van der Waals surface area contributed by atoms with Crippen LogP contribution in [0.25, 0.3) is 0 Å². The minimum Gasteiger partial charge on any atom is -0.368 e. The normalized spacial score (nSPS) is 17.2. The molecule has 1 saturated heterocycles. The second kappa shape index (κ2) is 5.65. The molecule has 0 aliphatic carbocycles. The summed E-state index contributed by atoms with van der Waals surface area (Å²) in [6.45, 7) is 4.09. The molecule has 1 aliphatic heterocycles. The summed E-state index contributed by atoms with van der Waals surface area (Å²) in [5.41, 5.74) is 3.01. The molecule has 0 amide bonds. The fourth-order valence-electron chi connectivity index (χ4n) is 2.12. The van der Waals surface area contributed by atoms with Crippen molar-refractivity contribution in [1.29, 1.82) is 0 Å². The second-order valence-corrected chi connectivity index (χ2v) is 5.00. The van der Waals surface area contributed by atoms with Gasteiger partial charge in [-0.2, -0.15) is 0 Å². The summed E-state index contributed by atoms with van der Waals surface area (Å²) in [4.78, 5) is 15.8. The van der Waals surface area contributed by atoms with Gasteiger partial charge in [0.15, 0.2) is 6.29 Å². The fourth-order valence-corrected chi connectivity index (χ4v) is 2.47. The number of benzene rings is 1. The van der Waals surface area contributed by atoms with E-state index in [1.54, 1.807) is 0 Å². The lowest BCUT2D eigenvalue weighted by atomic mass is 10.1. The summed E-state index contributed by atoms with van der Waals surface area (Å²) >= 11 is 3.41. The number of carbonyl (C=O) groups is 1. The third-order valence-corrected chi connectivity index (χ3v) is 3.86. The molecule has 4 heteroatoms. The van der Waals surface area contributed by atoms with Gasteiger partial charge >= 0.3 is 0 Å². The molecule has 0 spiro atoms. The average molecular weight is 297 g/mol. The number of aldehydes is 1. The number of rotatable bonds is 3. The molecule has 3 nitrogen and oxygen atoms in total. The minimum atomic E-state index is 0.789. The molecule has 0 N–H and O–H groups in total. The van der Waals surface area contributed by atoms with Gasteiger partial charge in [0.25, 0.3) is 0 Å². The smallest absolute Gasteiger partial charge is 0.152 e. The Morgan fingerprint density at radius 3 is 2.59 bits per heavy atom. The van der Waals surface area contributed by atoms with Crippen LogP contribution in [0.2, 0.25) is 0 Å². The third kappa shape index (κ3) is 2.87. The topological polar surface area (TPSA) is 23.6 Å². The molecule has 1 fully saturated rings. The maximum atomic E-state index is 11.2. The van der Waals surface area contributed by atoms with Gasteiger partial charge in [-0.05, 0) is 24.7 Å². The van der Waals surface area contributed by atoms with Gasteiger partial charge in [-0.1, -0.05) is 22.0 Å². The van der Waals surface area contributed by atoms with Gasteiger partial charge in [0.05, 0.1) is 0 Å². The van der Waals surface area contributed by atoms with Crippen LogP contribution in [0.1, 0.15) is 15.9 Å². The number of likely N-dealkylation sites (N-methyl/N-ethyl adjacent to an activating group) is 1. The Labute approximate surface area is 111 Å². The van der Waals surface area contributed by atoms with E-state index in [-0.39, 0.29) is 0 Å². The van der Waals surface area contributed by atoms with E-state index in [4.69, 9.17) is 0 Å². The number of piperazine rings is 1. The van der Waals surface area contributed by atoms with Gasteiger partial charge < -0.3 is 9.80 Å². The Kier molecular flexibility index (Phi) is 4.18. The molecule has 92 valence electrons. The van der Waals surface area contributed by atoms with E-state index >= 15 is 0 Å². The van der Waals surface area contributed by atoms with Crippen LogP contribution in [-0.2, 0) is 5.33 Å². The predicted molar refractivity (Wildman–Crippen MR) is 74.2 cm³/mol. The van der Waals surface area contributed by atoms with Crippen LogP contribution in [-0.4, -0.2) is 44.4 Å². The number of carbonyl (C=O) groups excluding carboxylic acids is 1. The summed E-state index contributed by atoms with van der Waals surface area (Å²) in [6, 6.07) is 6.11. The van der Waals surface area contributed by atoms with E-state index in [0.29, 0.717) is 0 Å². The monoisotopic (exact) mass is 296 g/mol. The van der Waals surface area contributed by atoms with Gasteiger partial charge in [-0.25, -0.2) is 0 Å². The Morgan fingerprint density at radius 2 is 2.00 bits per heavy atom. The van der Waals surface area contributed by atoms with Crippen LogP contribution >= 0.6 is 15.9 Å². The number of nitrogens with zero attached hydrogens (tertiary/aromatic N) is 2. The Bertz CT molecular complexity index is 400. The number of alkyl halides is 1. The van der Waals surface area contributed by atoms with Crippen LogP contribution in [0.3, 0.4) is 0 Å². The molecule has 0 atom stereocenters. The zero-order chi connectivity index (χ0) is 12.3. The van der Waals surface area contributed by atoms with E-state index < -0.39 is 0 Å². The Morgan fingerprint density at radius 1 is 1.29 bits per heavy atom.